The van der Waals surface area contributed by atoms with E-state index in [4.69, 9.17) is 9.51 Å². The summed E-state index contributed by atoms with van der Waals surface area (Å²) in [5.41, 5.74) is 1.39. The number of pyridine rings is 1. The number of aromatic nitrogens is 7. The Morgan fingerprint density at radius 2 is 2.00 bits per heavy atom. The van der Waals surface area contributed by atoms with E-state index >= 15 is 0 Å². The zero-order chi connectivity index (χ0) is 19.0. The molecule has 0 unspecified atom stereocenters. The Labute approximate surface area is 155 Å². The quantitative estimate of drug-likeness (QED) is 0.589. The summed E-state index contributed by atoms with van der Waals surface area (Å²) in [6, 6.07) is 3.71. The van der Waals surface area contributed by atoms with E-state index < -0.39 is 0 Å². The van der Waals surface area contributed by atoms with Gasteiger partial charge in [-0.15, -0.1) is 0 Å². The summed E-state index contributed by atoms with van der Waals surface area (Å²) in [6.45, 7) is 6.57. The molecule has 0 aliphatic rings. The van der Waals surface area contributed by atoms with Crippen LogP contribution >= 0.6 is 0 Å². The van der Waals surface area contributed by atoms with Crippen molar-refractivity contribution < 1.29 is 4.52 Å². The van der Waals surface area contributed by atoms with Gasteiger partial charge in [0, 0.05) is 30.4 Å². The molecule has 0 saturated heterocycles. The topological polar surface area (TPSA) is 107 Å². The first kappa shape index (κ1) is 17.1. The van der Waals surface area contributed by atoms with Gasteiger partial charge in [-0.25, -0.2) is 9.97 Å². The Bertz CT molecular complexity index is 1080. The van der Waals surface area contributed by atoms with Gasteiger partial charge in [0.1, 0.15) is 11.6 Å². The normalized spacial score (nSPS) is 11.9. The molecule has 0 aromatic carbocycles. The maximum absolute atomic E-state index is 5.34. The van der Waals surface area contributed by atoms with Crippen molar-refractivity contribution >= 4 is 16.9 Å². The van der Waals surface area contributed by atoms with Gasteiger partial charge in [-0.3, -0.25) is 9.67 Å². The molecule has 4 rings (SSSR count). The van der Waals surface area contributed by atoms with Gasteiger partial charge >= 0.3 is 0 Å². The maximum Gasteiger partial charge on any atom is 0.246 e. The van der Waals surface area contributed by atoms with Crippen LogP contribution in [-0.4, -0.2) is 34.9 Å². The summed E-state index contributed by atoms with van der Waals surface area (Å²) in [6.07, 6.45) is 5.15. The second kappa shape index (κ2) is 6.42. The summed E-state index contributed by atoms with van der Waals surface area (Å²) in [5, 5.41) is 12.4. The second-order valence-corrected chi connectivity index (χ2v) is 7.26. The number of nitrogens with one attached hydrogen (secondary N) is 1. The monoisotopic (exact) mass is 364 g/mol. The third kappa shape index (κ3) is 3.35. The molecule has 0 aliphatic carbocycles. The van der Waals surface area contributed by atoms with Gasteiger partial charge in [-0.1, -0.05) is 25.9 Å². The predicted octanol–water partition coefficient (Wildman–Crippen LogP) is 2.72. The molecule has 0 bridgehead atoms. The van der Waals surface area contributed by atoms with Crippen LogP contribution in [0, 0.1) is 0 Å². The van der Waals surface area contributed by atoms with E-state index in [1.165, 1.54) is 0 Å². The van der Waals surface area contributed by atoms with Gasteiger partial charge in [-0.2, -0.15) is 10.1 Å². The van der Waals surface area contributed by atoms with E-state index in [-0.39, 0.29) is 5.41 Å². The molecule has 4 aromatic rings. The molecular formula is C18H20N8O. The lowest BCUT2D eigenvalue weighted by Crippen LogP contribution is -2.18. The summed E-state index contributed by atoms with van der Waals surface area (Å²) in [7, 11) is 1.86. The van der Waals surface area contributed by atoms with Crippen molar-refractivity contribution in [3.8, 4) is 11.4 Å². The summed E-state index contributed by atoms with van der Waals surface area (Å²) in [4.78, 5) is 17.8. The van der Waals surface area contributed by atoms with Gasteiger partial charge in [0.15, 0.2) is 5.65 Å². The fourth-order valence-corrected chi connectivity index (χ4v) is 2.59. The number of nitrogens with zero attached hydrogens (tertiary/aromatic N) is 7. The zero-order valence-electron chi connectivity index (χ0n) is 15.6. The van der Waals surface area contributed by atoms with Crippen molar-refractivity contribution in [2.45, 2.75) is 32.7 Å². The summed E-state index contributed by atoms with van der Waals surface area (Å²) in [5.74, 6) is 2.40. The molecule has 4 aromatic heterocycles. The number of fused-ring (bicyclic) bond motifs is 1. The Morgan fingerprint density at radius 3 is 2.74 bits per heavy atom. The van der Waals surface area contributed by atoms with E-state index in [0.29, 0.717) is 24.1 Å². The molecule has 0 aliphatic heterocycles. The second-order valence-electron chi connectivity index (χ2n) is 7.26. The smallest absolute Gasteiger partial charge is 0.246 e. The molecule has 0 amide bonds. The van der Waals surface area contributed by atoms with Crippen LogP contribution in [0.1, 0.15) is 32.5 Å². The Hall–Kier alpha value is -3.36. The van der Waals surface area contributed by atoms with Crippen LogP contribution in [0.4, 0.5) is 5.82 Å². The average molecular weight is 364 g/mol. The van der Waals surface area contributed by atoms with Crippen LogP contribution < -0.4 is 5.32 Å². The highest BCUT2D eigenvalue weighted by Gasteiger charge is 2.21. The van der Waals surface area contributed by atoms with Crippen molar-refractivity contribution in [3.05, 3.63) is 42.4 Å². The van der Waals surface area contributed by atoms with Gasteiger partial charge in [-0.05, 0) is 12.1 Å². The van der Waals surface area contributed by atoms with Gasteiger partial charge < -0.3 is 9.84 Å². The number of rotatable bonds is 4. The highest BCUT2D eigenvalue weighted by atomic mass is 16.5. The van der Waals surface area contributed by atoms with E-state index in [1.54, 1.807) is 23.3 Å². The van der Waals surface area contributed by atoms with Crippen molar-refractivity contribution in [1.82, 2.24) is 34.9 Å². The standard InChI is InChI=1S/C18H20N8O/c1-18(2,3)17-23-15(12-9-21-26(4)16(12)24-17)20-10-13-22-14(25-27-13)11-6-5-7-19-8-11/h5-9H,10H2,1-4H3,(H,20,23,24). The Kier molecular flexibility index (Phi) is 4.06. The van der Waals surface area contributed by atoms with Gasteiger partial charge in [0.2, 0.25) is 11.7 Å². The van der Waals surface area contributed by atoms with E-state index in [2.05, 4.69) is 51.3 Å². The first-order valence-corrected chi connectivity index (χ1v) is 8.59. The van der Waals surface area contributed by atoms with E-state index in [0.717, 1.165) is 22.4 Å². The van der Waals surface area contributed by atoms with Gasteiger partial charge in [0.25, 0.3) is 0 Å². The molecule has 27 heavy (non-hydrogen) atoms. The number of hydrogen-bond donors (Lipinski definition) is 1. The highest BCUT2D eigenvalue weighted by Crippen LogP contribution is 2.26. The first-order chi connectivity index (χ1) is 12.9. The highest BCUT2D eigenvalue weighted by molar-refractivity contribution is 5.86. The number of aryl methyl sites for hydroxylation is 1. The van der Waals surface area contributed by atoms with Crippen molar-refractivity contribution in [2.75, 3.05) is 5.32 Å². The average Bonchev–Trinajstić information content (AvgIpc) is 3.27. The van der Waals surface area contributed by atoms with Crippen molar-refractivity contribution in [1.29, 1.82) is 0 Å². The zero-order valence-corrected chi connectivity index (χ0v) is 15.6. The molecule has 4 heterocycles. The van der Waals surface area contributed by atoms with Gasteiger partial charge in [0.05, 0.1) is 18.1 Å². The van der Waals surface area contributed by atoms with E-state index in [9.17, 15) is 0 Å². The first-order valence-electron chi connectivity index (χ1n) is 8.59. The minimum Gasteiger partial charge on any atom is -0.360 e. The fraction of sp³-hybridized carbons (Fsp3) is 0.333. The maximum atomic E-state index is 5.34. The van der Waals surface area contributed by atoms with Crippen molar-refractivity contribution in [2.24, 2.45) is 7.05 Å². The molecule has 1 N–H and O–H groups in total. The molecule has 9 nitrogen and oxygen atoms in total. The third-order valence-corrected chi connectivity index (χ3v) is 4.06. The molecule has 0 spiro atoms. The van der Waals surface area contributed by atoms with Crippen LogP contribution in [0.5, 0.6) is 0 Å². The summed E-state index contributed by atoms with van der Waals surface area (Å²) < 4.78 is 7.08. The molecule has 0 fully saturated rings. The van der Waals surface area contributed by atoms with E-state index in [1.807, 2.05) is 19.2 Å². The Morgan fingerprint density at radius 1 is 1.15 bits per heavy atom. The van der Waals surface area contributed by atoms with Crippen LogP contribution in [0.15, 0.2) is 35.2 Å². The lowest BCUT2D eigenvalue weighted by Gasteiger charge is -2.18. The molecule has 0 saturated carbocycles. The SMILES string of the molecule is Cn1ncc2c(NCc3nc(-c4cccnc4)no3)nc(C(C)(C)C)nc21. The van der Waals surface area contributed by atoms with Crippen LogP contribution in [-0.2, 0) is 19.0 Å². The molecule has 0 atom stereocenters. The molecule has 138 valence electrons. The van der Waals surface area contributed by atoms with Crippen LogP contribution in [0.25, 0.3) is 22.4 Å². The van der Waals surface area contributed by atoms with Crippen molar-refractivity contribution in [3.63, 3.8) is 0 Å². The number of anilines is 1. The molecule has 9 heteroatoms. The number of hydrogen-bond acceptors (Lipinski definition) is 8. The fourth-order valence-electron chi connectivity index (χ4n) is 2.59. The van der Waals surface area contributed by atoms with Crippen LogP contribution in [0.3, 0.4) is 0 Å². The Balaban J connectivity index is 1.62. The summed E-state index contributed by atoms with van der Waals surface area (Å²) >= 11 is 0. The minimum atomic E-state index is -0.188. The lowest BCUT2D eigenvalue weighted by atomic mass is 9.95. The minimum absolute atomic E-state index is 0.188. The third-order valence-electron chi connectivity index (χ3n) is 4.06. The lowest BCUT2D eigenvalue weighted by molar-refractivity contribution is 0.384. The largest absolute Gasteiger partial charge is 0.360 e. The molecule has 0 radical (unpaired) electrons. The molecular weight excluding hydrogens is 344 g/mol. The van der Waals surface area contributed by atoms with Crippen LogP contribution in [0.2, 0.25) is 0 Å². The predicted molar refractivity (Wildman–Crippen MR) is 99.9 cm³/mol.